The van der Waals surface area contributed by atoms with Crippen LogP contribution in [0.25, 0.3) is 0 Å². The van der Waals surface area contributed by atoms with Crippen molar-refractivity contribution < 1.29 is 18.4 Å². The molecule has 2 atom stereocenters. The molecule has 1 amide bonds. The highest BCUT2D eigenvalue weighted by atomic mass is 35.5. The number of nitrogens with one attached hydrogen (secondary N) is 1. The summed E-state index contributed by atoms with van der Waals surface area (Å²) in [6, 6.07) is 15.3. The molecule has 1 fully saturated rings. The van der Waals surface area contributed by atoms with Crippen molar-refractivity contribution in [2.75, 3.05) is 5.32 Å². The molecule has 0 aliphatic heterocycles. The third-order valence-electron chi connectivity index (χ3n) is 5.47. The molecule has 1 aliphatic rings. The molecule has 33 heavy (non-hydrogen) atoms. The molecule has 0 aromatic heterocycles. The molecule has 170 valence electrons. The Balaban J connectivity index is 1.55. The zero-order chi connectivity index (χ0) is 23.9. The fraction of sp³-hybridized carbons (Fsp3) is 0.167. The SMILES string of the molecule is O=C(Cc1ccccc1)c1c(Cl)ccc(NC(=O)[C@H]2[C@H](c3ccc(F)c(Cl)c3)C2(Cl)Cl)c1F. The first kappa shape index (κ1) is 24.0. The maximum absolute atomic E-state index is 15.2. The number of halogens is 6. The molecule has 9 heteroatoms. The Morgan fingerprint density at radius 1 is 0.939 bits per heavy atom. The van der Waals surface area contributed by atoms with Crippen LogP contribution >= 0.6 is 46.4 Å². The van der Waals surface area contributed by atoms with Gasteiger partial charge in [-0.05, 0) is 35.4 Å². The van der Waals surface area contributed by atoms with Crippen LogP contribution in [0.4, 0.5) is 14.5 Å². The topological polar surface area (TPSA) is 46.2 Å². The third-order valence-corrected chi connectivity index (χ3v) is 7.02. The van der Waals surface area contributed by atoms with Crippen molar-refractivity contribution in [2.45, 2.75) is 16.7 Å². The van der Waals surface area contributed by atoms with Crippen LogP contribution in [-0.4, -0.2) is 16.0 Å². The highest BCUT2D eigenvalue weighted by molar-refractivity contribution is 6.53. The average Bonchev–Trinajstić information content (AvgIpc) is 3.35. The van der Waals surface area contributed by atoms with E-state index in [2.05, 4.69) is 5.32 Å². The van der Waals surface area contributed by atoms with Gasteiger partial charge < -0.3 is 5.32 Å². The Kier molecular flexibility index (Phi) is 6.70. The Labute approximate surface area is 208 Å². The van der Waals surface area contributed by atoms with E-state index >= 15 is 4.39 Å². The van der Waals surface area contributed by atoms with Gasteiger partial charge in [0.25, 0.3) is 0 Å². The summed E-state index contributed by atoms with van der Waals surface area (Å²) in [6.07, 6.45) is -0.0582. The van der Waals surface area contributed by atoms with Crippen molar-refractivity contribution in [2.24, 2.45) is 5.92 Å². The molecule has 1 saturated carbocycles. The third kappa shape index (κ3) is 4.73. The van der Waals surface area contributed by atoms with Crippen LogP contribution in [-0.2, 0) is 11.2 Å². The van der Waals surface area contributed by atoms with Crippen LogP contribution in [0.5, 0.6) is 0 Å². The first-order valence-electron chi connectivity index (χ1n) is 9.80. The molecule has 4 rings (SSSR count). The van der Waals surface area contributed by atoms with Gasteiger partial charge in [0, 0.05) is 12.3 Å². The summed E-state index contributed by atoms with van der Waals surface area (Å²) in [7, 11) is 0. The minimum Gasteiger partial charge on any atom is -0.323 e. The standard InChI is InChI=1S/C24H15Cl4F2NO2/c25-14-7-9-17(22(30)19(14)18(32)10-12-4-2-1-3-5-12)31-23(33)21-20(24(21,27)28)13-6-8-16(29)15(26)11-13/h1-9,11,20-21H,10H2,(H,31,33)/t20-,21+/m0/s1. The zero-order valence-corrected chi connectivity index (χ0v) is 19.7. The van der Waals surface area contributed by atoms with Crippen LogP contribution in [0, 0.1) is 17.6 Å². The Bertz CT molecular complexity index is 1250. The number of ketones is 1. The van der Waals surface area contributed by atoms with E-state index in [0.29, 0.717) is 11.1 Å². The van der Waals surface area contributed by atoms with Crippen LogP contribution in [0.2, 0.25) is 10.0 Å². The summed E-state index contributed by atoms with van der Waals surface area (Å²) >= 11 is 24.5. The Hall–Kier alpha value is -2.18. The van der Waals surface area contributed by atoms with Crippen LogP contribution in [0.3, 0.4) is 0 Å². The molecule has 1 N–H and O–H groups in total. The van der Waals surface area contributed by atoms with Crippen molar-refractivity contribution >= 4 is 63.8 Å². The smallest absolute Gasteiger partial charge is 0.231 e. The molecule has 0 spiro atoms. The zero-order valence-electron chi connectivity index (χ0n) is 16.7. The number of benzene rings is 3. The summed E-state index contributed by atoms with van der Waals surface area (Å²) in [5.41, 5.74) is 0.619. The maximum atomic E-state index is 15.2. The van der Waals surface area contributed by atoms with E-state index in [0.717, 1.165) is 6.07 Å². The van der Waals surface area contributed by atoms with Crippen LogP contribution < -0.4 is 5.32 Å². The lowest BCUT2D eigenvalue weighted by molar-refractivity contribution is -0.117. The second-order valence-corrected chi connectivity index (χ2v) is 9.92. The van der Waals surface area contributed by atoms with Crippen molar-refractivity contribution in [1.82, 2.24) is 0 Å². The molecule has 0 radical (unpaired) electrons. The number of hydrogen-bond acceptors (Lipinski definition) is 2. The van der Waals surface area contributed by atoms with Gasteiger partial charge in [-0.15, -0.1) is 23.2 Å². The second-order valence-electron chi connectivity index (χ2n) is 7.66. The minimum atomic E-state index is -1.49. The number of amides is 1. The van der Waals surface area contributed by atoms with Crippen molar-refractivity contribution in [3.63, 3.8) is 0 Å². The van der Waals surface area contributed by atoms with Crippen molar-refractivity contribution in [3.05, 3.63) is 99.0 Å². The predicted molar refractivity (Wildman–Crippen MR) is 127 cm³/mol. The molecule has 3 aromatic carbocycles. The number of carbonyl (C=O) groups is 2. The van der Waals surface area contributed by atoms with Gasteiger partial charge in [0.2, 0.25) is 5.91 Å². The number of alkyl halides is 2. The van der Waals surface area contributed by atoms with Gasteiger partial charge in [0.15, 0.2) is 11.6 Å². The number of hydrogen-bond donors (Lipinski definition) is 1. The maximum Gasteiger partial charge on any atom is 0.231 e. The lowest BCUT2D eigenvalue weighted by Gasteiger charge is -2.11. The van der Waals surface area contributed by atoms with E-state index < -0.39 is 39.5 Å². The van der Waals surface area contributed by atoms with E-state index in [9.17, 15) is 14.0 Å². The average molecular weight is 529 g/mol. The molecule has 3 aromatic rings. The van der Waals surface area contributed by atoms with Gasteiger partial charge in [-0.2, -0.15) is 0 Å². The normalized spacial score (nSPS) is 18.6. The molecule has 3 nitrogen and oxygen atoms in total. The Morgan fingerprint density at radius 2 is 1.64 bits per heavy atom. The highest BCUT2D eigenvalue weighted by Gasteiger charge is 2.67. The van der Waals surface area contributed by atoms with Gasteiger partial charge in [-0.3, -0.25) is 9.59 Å². The molecular weight excluding hydrogens is 514 g/mol. The van der Waals surface area contributed by atoms with Gasteiger partial charge in [0.1, 0.15) is 10.2 Å². The fourth-order valence-corrected chi connectivity index (χ4v) is 5.03. The largest absolute Gasteiger partial charge is 0.323 e. The highest BCUT2D eigenvalue weighted by Crippen LogP contribution is 2.65. The van der Waals surface area contributed by atoms with E-state index in [1.807, 2.05) is 0 Å². The molecule has 0 saturated heterocycles. The lowest BCUT2D eigenvalue weighted by atomic mass is 10.0. The molecule has 0 bridgehead atoms. The van der Waals surface area contributed by atoms with Crippen LogP contribution in [0.1, 0.15) is 27.4 Å². The van der Waals surface area contributed by atoms with E-state index in [-0.39, 0.29) is 27.7 Å². The number of rotatable bonds is 6. The summed E-state index contributed by atoms with van der Waals surface area (Å²) in [4.78, 5) is 25.6. The lowest BCUT2D eigenvalue weighted by Crippen LogP contribution is -2.19. The van der Waals surface area contributed by atoms with Gasteiger partial charge >= 0.3 is 0 Å². The number of carbonyl (C=O) groups excluding carboxylic acids is 2. The fourth-order valence-electron chi connectivity index (χ4n) is 3.76. The van der Waals surface area contributed by atoms with Crippen molar-refractivity contribution in [3.8, 4) is 0 Å². The minimum absolute atomic E-state index is 0.0582. The number of Topliss-reactive ketones (excluding diaryl/α,β-unsaturated/α-hetero) is 1. The molecule has 0 unspecified atom stereocenters. The van der Waals surface area contributed by atoms with E-state index in [1.54, 1.807) is 30.3 Å². The summed E-state index contributed by atoms with van der Waals surface area (Å²) in [6.45, 7) is 0. The van der Waals surface area contributed by atoms with Gasteiger partial charge in [0.05, 0.1) is 27.2 Å². The number of anilines is 1. The quantitative estimate of drug-likeness (QED) is 0.271. The summed E-state index contributed by atoms with van der Waals surface area (Å²) in [5, 5.41) is 2.24. The summed E-state index contributed by atoms with van der Waals surface area (Å²) < 4.78 is 27.2. The summed E-state index contributed by atoms with van der Waals surface area (Å²) in [5.74, 6) is -4.38. The Morgan fingerprint density at radius 3 is 2.30 bits per heavy atom. The van der Waals surface area contributed by atoms with Gasteiger partial charge in [-0.25, -0.2) is 8.78 Å². The van der Waals surface area contributed by atoms with E-state index in [4.69, 9.17) is 46.4 Å². The van der Waals surface area contributed by atoms with Gasteiger partial charge in [-0.1, -0.05) is 59.6 Å². The first-order valence-corrected chi connectivity index (χ1v) is 11.3. The monoisotopic (exact) mass is 527 g/mol. The second kappa shape index (κ2) is 9.22. The predicted octanol–water partition coefficient (Wildman–Crippen LogP) is 7.22. The van der Waals surface area contributed by atoms with Crippen LogP contribution in [0.15, 0.2) is 60.7 Å². The molecule has 1 aliphatic carbocycles. The molecule has 0 heterocycles. The molecular formula is C24H15Cl4F2NO2. The van der Waals surface area contributed by atoms with E-state index in [1.165, 1.54) is 24.3 Å². The van der Waals surface area contributed by atoms with Crippen molar-refractivity contribution in [1.29, 1.82) is 0 Å². The first-order chi connectivity index (χ1) is 15.6.